The van der Waals surface area contributed by atoms with Gasteiger partial charge in [0.25, 0.3) is 0 Å². The van der Waals surface area contributed by atoms with Gasteiger partial charge < -0.3 is 10.1 Å². The van der Waals surface area contributed by atoms with Crippen molar-refractivity contribution < 1.29 is 17.9 Å². The van der Waals surface area contributed by atoms with Gasteiger partial charge in [0.05, 0.1) is 11.0 Å². The van der Waals surface area contributed by atoms with Crippen molar-refractivity contribution in [1.82, 2.24) is 9.62 Å². The van der Waals surface area contributed by atoms with E-state index in [2.05, 4.69) is 11.9 Å². The van der Waals surface area contributed by atoms with E-state index in [1.54, 1.807) is 24.3 Å². The molecule has 1 amide bonds. The van der Waals surface area contributed by atoms with Gasteiger partial charge in [-0.15, -0.1) is 0 Å². The van der Waals surface area contributed by atoms with E-state index in [0.717, 1.165) is 25.0 Å². The topological polar surface area (TPSA) is 75.7 Å². The number of benzene rings is 1. The third-order valence-electron chi connectivity index (χ3n) is 5.29. The highest BCUT2D eigenvalue weighted by Crippen LogP contribution is 2.26. The summed E-state index contributed by atoms with van der Waals surface area (Å²) in [5.74, 6) is 0.512. The molecule has 1 aliphatic carbocycles. The average molecular weight is 393 g/mol. The first kappa shape index (κ1) is 19.9. The predicted molar refractivity (Wildman–Crippen MR) is 104 cm³/mol. The lowest BCUT2D eigenvalue weighted by molar-refractivity contribution is -0.117. The molecule has 1 atom stereocenters. The van der Waals surface area contributed by atoms with Crippen LogP contribution in [0.5, 0.6) is 5.75 Å². The Morgan fingerprint density at radius 2 is 1.78 bits per heavy atom. The van der Waals surface area contributed by atoms with E-state index < -0.39 is 10.0 Å². The summed E-state index contributed by atoms with van der Waals surface area (Å²) in [5, 5.41) is 2.87. The van der Waals surface area contributed by atoms with Crippen LogP contribution in [0.3, 0.4) is 0 Å². The van der Waals surface area contributed by atoms with Crippen LogP contribution < -0.4 is 10.1 Å². The van der Waals surface area contributed by atoms with Gasteiger partial charge in [0.15, 0.2) is 0 Å². The zero-order chi connectivity index (χ0) is 19.3. The third kappa shape index (κ3) is 5.11. The largest absolute Gasteiger partial charge is 0.490 e. The van der Waals surface area contributed by atoms with E-state index in [-0.39, 0.29) is 22.9 Å². The van der Waals surface area contributed by atoms with Crippen LogP contribution in [0.2, 0.25) is 0 Å². The van der Waals surface area contributed by atoms with Crippen molar-refractivity contribution >= 4 is 15.9 Å². The smallest absolute Gasteiger partial charge is 0.243 e. The first-order valence-corrected chi connectivity index (χ1v) is 11.1. The number of rotatable bonds is 6. The maximum Gasteiger partial charge on any atom is 0.243 e. The van der Waals surface area contributed by atoms with Crippen molar-refractivity contribution in [2.45, 2.75) is 62.0 Å². The Morgan fingerprint density at radius 3 is 2.44 bits per heavy atom. The number of hydrogen-bond donors (Lipinski definition) is 1. The van der Waals surface area contributed by atoms with Crippen LogP contribution in [-0.2, 0) is 14.8 Å². The lowest BCUT2D eigenvalue weighted by atomic mass is 10.1. The summed E-state index contributed by atoms with van der Waals surface area (Å²) in [5.41, 5.74) is 0. The second-order valence-electron chi connectivity index (χ2n) is 7.24. The quantitative estimate of drug-likeness (QED) is 0.756. The molecule has 0 aromatic heterocycles. The van der Waals surface area contributed by atoms with Gasteiger partial charge in [-0.05, 0) is 75.3 Å². The van der Waals surface area contributed by atoms with Crippen LogP contribution in [0.25, 0.3) is 0 Å². The van der Waals surface area contributed by atoms with E-state index in [0.29, 0.717) is 25.9 Å². The van der Waals surface area contributed by atoms with Gasteiger partial charge in [0.2, 0.25) is 15.9 Å². The predicted octanol–water partition coefficient (Wildman–Crippen LogP) is 2.85. The summed E-state index contributed by atoms with van der Waals surface area (Å²) in [6, 6.07) is 6.73. The molecule has 1 aliphatic heterocycles. The number of amides is 1. The molecule has 3 rings (SSSR count). The molecule has 27 heavy (non-hydrogen) atoms. The summed E-state index contributed by atoms with van der Waals surface area (Å²) in [4.78, 5) is 11.8. The molecule has 1 N–H and O–H groups in total. The van der Waals surface area contributed by atoms with Gasteiger partial charge in [-0.25, -0.2) is 8.42 Å². The Morgan fingerprint density at radius 1 is 1.07 bits per heavy atom. The summed E-state index contributed by atoms with van der Waals surface area (Å²) in [7, 11) is -3.54. The van der Waals surface area contributed by atoms with Gasteiger partial charge in [-0.3, -0.25) is 4.79 Å². The molecule has 1 heterocycles. The number of carbonyl (C=O) groups excluding carboxylic acids is 1. The number of carbonyl (C=O) groups is 1. The maximum atomic E-state index is 13.0. The van der Waals surface area contributed by atoms with Crippen molar-refractivity contribution in [2.24, 2.45) is 0 Å². The molecule has 0 bridgehead atoms. The fourth-order valence-electron chi connectivity index (χ4n) is 3.75. The van der Waals surface area contributed by atoms with Crippen molar-refractivity contribution in [3.63, 3.8) is 0 Å². The molecule has 1 saturated heterocycles. The van der Waals surface area contributed by atoms with Crippen LogP contribution >= 0.6 is 0 Å². The first-order chi connectivity index (χ1) is 13.0. The van der Waals surface area contributed by atoms with Crippen molar-refractivity contribution in [3.05, 3.63) is 36.9 Å². The molecule has 148 valence electrons. The summed E-state index contributed by atoms with van der Waals surface area (Å²) in [6.45, 7) is 4.31. The summed E-state index contributed by atoms with van der Waals surface area (Å²) in [6.07, 6.45) is 8.09. The monoisotopic (exact) mass is 392 g/mol. The molecule has 1 unspecified atom stereocenters. The first-order valence-electron chi connectivity index (χ1n) is 9.69. The Balaban J connectivity index is 1.63. The Hall–Kier alpha value is -1.86. The van der Waals surface area contributed by atoms with Gasteiger partial charge in [0.1, 0.15) is 5.75 Å². The molecule has 7 heteroatoms. The van der Waals surface area contributed by atoms with E-state index >= 15 is 0 Å². The number of nitrogens with one attached hydrogen (secondary N) is 1. The Kier molecular flexibility index (Phi) is 6.55. The minimum Gasteiger partial charge on any atom is -0.490 e. The zero-order valence-electron chi connectivity index (χ0n) is 15.6. The standard InChI is InChI=1S/C20H28N2O4S/c1-2-20(23)21-16-6-5-14-22(15-13-16)27(24,25)19-11-9-18(10-12-19)26-17-7-3-4-8-17/h2,9-12,16-17H,1,3-8,13-15H2,(H,21,23). The van der Waals surface area contributed by atoms with Gasteiger partial charge >= 0.3 is 0 Å². The second kappa shape index (κ2) is 8.89. The number of nitrogens with zero attached hydrogens (tertiary/aromatic N) is 1. The van der Waals surface area contributed by atoms with E-state index in [1.165, 1.54) is 23.2 Å². The summed E-state index contributed by atoms with van der Waals surface area (Å²) < 4.78 is 33.4. The van der Waals surface area contributed by atoms with Crippen LogP contribution in [0.1, 0.15) is 44.9 Å². The van der Waals surface area contributed by atoms with E-state index in [1.807, 2.05) is 0 Å². The third-order valence-corrected chi connectivity index (χ3v) is 7.20. The molecule has 2 aliphatic rings. The van der Waals surface area contributed by atoms with Gasteiger partial charge in [-0.1, -0.05) is 6.58 Å². The van der Waals surface area contributed by atoms with Gasteiger partial charge in [-0.2, -0.15) is 4.31 Å². The number of hydrogen-bond acceptors (Lipinski definition) is 4. The number of sulfonamides is 1. The second-order valence-corrected chi connectivity index (χ2v) is 9.18. The number of ether oxygens (including phenoxy) is 1. The van der Waals surface area contributed by atoms with Crippen molar-refractivity contribution in [2.75, 3.05) is 13.1 Å². The lowest BCUT2D eigenvalue weighted by Gasteiger charge is -2.21. The average Bonchev–Trinajstić information content (AvgIpc) is 3.05. The van der Waals surface area contributed by atoms with E-state index in [9.17, 15) is 13.2 Å². The minimum atomic E-state index is -3.54. The highest BCUT2D eigenvalue weighted by Gasteiger charge is 2.28. The van der Waals surface area contributed by atoms with Crippen LogP contribution in [-0.4, -0.2) is 43.9 Å². The van der Waals surface area contributed by atoms with Gasteiger partial charge in [0, 0.05) is 19.1 Å². The van der Waals surface area contributed by atoms with Crippen molar-refractivity contribution in [3.8, 4) is 5.75 Å². The molecule has 0 spiro atoms. The molecule has 1 saturated carbocycles. The molecule has 6 nitrogen and oxygen atoms in total. The molecular weight excluding hydrogens is 364 g/mol. The van der Waals surface area contributed by atoms with Crippen molar-refractivity contribution in [1.29, 1.82) is 0 Å². The summed E-state index contributed by atoms with van der Waals surface area (Å²) >= 11 is 0. The van der Waals surface area contributed by atoms with E-state index in [4.69, 9.17) is 4.74 Å². The molecule has 2 fully saturated rings. The van der Waals surface area contributed by atoms with Crippen LogP contribution in [0.15, 0.2) is 41.8 Å². The molecule has 1 aromatic rings. The highest BCUT2D eigenvalue weighted by atomic mass is 32.2. The molecule has 0 radical (unpaired) electrons. The fraction of sp³-hybridized carbons (Fsp3) is 0.550. The maximum absolute atomic E-state index is 13.0. The normalized spacial score (nSPS) is 22.1. The van der Waals surface area contributed by atoms with Crippen LogP contribution in [0, 0.1) is 0 Å². The minimum absolute atomic E-state index is 0.0158. The highest BCUT2D eigenvalue weighted by molar-refractivity contribution is 7.89. The lowest BCUT2D eigenvalue weighted by Crippen LogP contribution is -2.36. The Bertz CT molecular complexity index is 755. The van der Waals surface area contributed by atoms with Crippen LogP contribution in [0.4, 0.5) is 0 Å². The fourth-order valence-corrected chi connectivity index (χ4v) is 5.25. The SMILES string of the molecule is C=CC(=O)NC1CCCN(S(=O)(=O)c2ccc(OC3CCCC3)cc2)CC1. The Labute approximate surface area is 161 Å². The molecule has 1 aromatic carbocycles. The molecular formula is C20H28N2O4S. The zero-order valence-corrected chi connectivity index (χ0v) is 16.4.